The molecule has 0 spiro atoms. The molecule has 0 bridgehead atoms. The van der Waals surface area contributed by atoms with Crippen LogP contribution in [0.5, 0.6) is 0 Å². The molecule has 0 saturated carbocycles. The fraction of sp³-hybridized carbons (Fsp3) is 0.333. The molecule has 0 radical (unpaired) electrons. The van der Waals surface area contributed by atoms with Crippen molar-refractivity contribution in [2.75, 3.05) is 0 Å². The highest BCUT2D eigenvalue weighted by Crippen LogP contribution is 2.17. The van der Waals surface area contributed by atoms with E-state index >= 15 is 0 Å². The SMILES string of the molecule is CC(C)NCc1ccc(-c2csnn2)cc1. The van der Waals surface area contributed by atoms with E-state index in [0.29, 0.717) is 6.04 Å². The predicted molar refractivity (Wildman–Crippen MR) is 67.3 cm³/mol. The summed E-state index contributed by atoms with van der Waals surface area (Å²) < 4.78 is 3.86. The highest BCUT2D eigenvalue weighted by molar-refractivity contribution is 7.03. The Bertz CT molecular complexity index is 420. The van der Waals surface area contributed by atoms with Crippen LogP contribution in [0.25, 0.3) is 11.3 Å². The molecule has 0 atom stereocenters. The maximum Gasteiger partial charge on any atom is 0.105 e. The van der Waals surface area contributed by atoms with Crippen LogP contribution in [0, 0.1) is 0 Å². The zero-order valence-electron chi connectivity index (χ0n) is 9.47. The number of hydrogen-bond donors (Lipinski definition) is 1. The first kappa shape index (κ1) is 11.2. The van der Waals surface area contributed by atoms with Crippen LogP contribution in [0.2, 0.25) is 0 Å². The quantitative estimate of drug-likeness (QED) is 0.882. The van der Waals surface area contributed by atoms with Gasteiger partial charge in [-0.1, -0.05) is 42.6 Å². The molecular weight excluding hydrogens is 218 g/mol. The second-order valence-corrected chi connectivity index (χ2v) is 4.63. The summed E-state index contributed by atoms with van der Waals surface area (Å²) in [6, 6.07) is 8.96. The summed E-state index contributed by atoms with van der Waals surface area (Å²) in [6.45, 7) is 5.21. The molecule has 1 N–H and O–H groups in total. The molecule has 1 aromatic heterocycles. The molecule has 0 amide bonds. The van der Waals surface area contributed by atoms with E-state index in [9.17, 15) is 0 Å². The van der Waals surface area contributed by atoms with Crippen molar-refractivity contribution in [1.29, 1.82) is 0 Å². The molecule has 0 unspecified atom stereocenters. The van der Waals surface area contributed by atoms with Crippen LogP contribution in [0.1, 0.15) is 19.4 Å². The van der Waals surface area contributed by atoms with E-state index < -0.39 is 0 Å². The Labute approximate surface area is 99.7 Å². The fourth-order valence-corrected chi connectivity index (χ4v) is 1.87. The standard InChI is InChI=1S/C12H15N3S/c1-9(2)13-7-10-3-5-11(6-4-10)12-8-16-15-14-12/h3-6,8-9,13H,7H2,1-2H3. The first-order valence-electron chi connectivity index (χ1n) is 5.35. The molecule has 1 aromatic carbocycles. The van der Waals surface area contributed by atoms with Crippen molar-refractivity contribution in [1.82, 2.24) is 14.9 Å². The van der Waals surface area contributed by atoms with Crippen molar-refractivity contribution in [3.05, 3.63) is 35.2 Å². The number of rotatable bonds is 4. The van der Waals surface area contributed by atoms with E-state index in [0.717, 1.165) is 17.8 Å². The number of benzene rings is 1. The Hall–Kier alpha value is -1.26. The summed E-state index contributed by atoms with van der Waals surface area (Å²) in [6.07, 6.45) is 0. The van der Waals surface area contributed by atoms with Crippen molar-refractivity contribution in [2.45, 2.75) is 26.4 Å². The highest BCUT2D eigenvalue weighted by Gasteiger charge is 2.01. The highest BCUT2D eigenvalue weighted by atomic mass is 32.1. The molecule has 2 aromatic rings. The topological polar surface area (TPSA) is 37.8 Å². The molecule has 0 aliphatic carbocycles. The lowest BCUT2D eigenvalue weighted by molar-refractivity contribution is 0.589. The minimum atomic E-state index is 0.516. The monoisotopic (exact) mass is 233 g/mol. The van der Waals surface area contributed by atoms with Crippen LogP contribution in [-0.2, 0) is 6.54 Å². The molecule has 4 heteroatoms. The second-order valence-electron chi connectivity index (χ2n) is 4.02. The Balaban J connectivity index is 2.05. The van der Waals surface area contributed by atoms with Crippen molar-refractivity contribution < 1.29 is 0 Å². The van der Waals surface area contributed by atoms with Crippen LogP contribution in [-0.4, -0.2) is 15.6 Å². The minimum Gasteiger partial charge on any atom is -0.310 e. The van der Waals surface area contributed by atoms with E-state index in [2.05, 4.69) is 53.0 Å². The van der Waals surface area contributed by atoms with Gasteiger partial charge in [0.1, 0.15) is 5.69 Å². The minimum absolute atomic E-state index is 0.516. The van der Waals surface area contributed by atoms with Gasteiger partial charge in [0.15, 0.2) is 0 Å². The molecule has 3 nitrogen and oxygen atoms in total. The smallest absolute Gasteiger partial charge is 0.105 e. The van der Waals surface area contributed by atoms with Gasteiger partial charge in [-0.05, 0) is 17.1 Å². The van der Waals surface area contributed by atoms with E-state index in [-0.39, 0.29) is 0 Å². The van der Waals surface area contributed by atoms with Gasteiger partial charge in [-0.25, -0.2) is 0 Å². The summed E-state index contributed by atoms with van der Waals surface area (Å²) in [5, 5.41) is 9.39. The van der Waals surface area contributed by atoms with Crippen LogP contribution in [0.3, 0.4) is 0 Å². The van der Waals surface area contributed by atoms with Crippen LogP contribution in [0.15, 0.2) is 29.6 Å². The summed E-state index contributed by atoms with van der Waals surface area (Å²) in [5.74, 6) is 0. The van der Waals surface area contributed by atoms with Crippen molar-refractivity contribution in [3.8, 4) is 11.3 Å². The van der Waals surface area contributed by atoms with Gasteiger partial charge in [0.05, 0.1) is 0 Å². The zero-order chi connectivity index (χ0) is 11.4. The predicted octanol–water partition coefficient (Wildman–Crippen LogP) is 2.70. The Morgan fingerprint density at radius 3 is 2.56 bits per heavy atom. The molecule has 2 rings (SSSR count). The van der Waals surface area contributed by atoms with Crippen molar-refractivity contribution in [3.63, 3.8) is 0 Å². The summed E-state index contributed by atoms with van der Waals surface area (Å²) >= 11 is 1.38. The maximum atomic E-state index is 4.04. The second kappa shape index (κ2) is 5.18. The molecule has 1 heterocycles. The number of hydrogen-bond acceptors (Lipinski definition) is 4. The lowest BCUT2D eigenvalue weighted by Gasteiger charge is -2.08. The van der Waals surface area contributed by atoms with E-state index in [1.165, 1.54) is 17.1 Å². The van der Waals surface area contributed by atoms with Crippen molar-refractivity contribution in [2.24, 2.45) is 0 Å². The van der Waals surface area contributed by atoms with Crippen LogP contribution in [0.4, 0.5) is 0 Å². The Morgan fingerprint density at radius 1 is 1.25 bits per heavy atom. The normalized spacial score (nSPS) is 10.9. The largest absolute Gasteiger partial charge is 0.310 e. The van der Waals surface area contributed by atoms with Gasteiger partial charge >= 0.3 is 0 Å². The van der Waals surface area contributed by atoms with Gasteiger partial charge < -0.3 is 5.32 Å². The first-order valence-corrected chi connectivity index (χ1v) is 6.19. The van der Waals surface area contributed by atoms with E-state index in [1.54, 1.807) is 0 Å². The average Bonchev–Trinajstić information content (AvgIpc) is 2.80. The molecular formula is C12H15N3S. The van der Waals surface area contributed by atoms with Gasteiger partial charge in [-0.15, -0.1) is 5.10 Å². The summed E-state index contributed by atoms with van der Waals surface area (Å²) in [7, 11) is 0. The summed E-state index contributed by atoms with van der Waals surface area (Å²) in [5.41, 5.74) is 3.37. The lowest BCUT2D eigenvalue weighted by atomic mass is 10.1. The third-order valence-electron chi connectivity index (χ3n) is 2.32. The van der Waals surface area contributed by atoms with Gasteiger partial charge in [-0.2, -0.15) is 0 Å². The fourth-order valence-electron chi connectivity index (χ4n) is 1.41. The molecule has 84 valence electrons. The molecule has 0 fully saturated rings. The molecule has 0 aliphatic rings. The van der Waals surface area contributed by atoms with Crippen molar-refractivity contribution >= 4 is 11.5 Å². The lowest BCUT2D eigenvalue weighted by Crippen LogP contribution is -2.21. The average molecular weight is 233 g/mol. The molecule has 0 saturated heterocycles. The zero-order valence-corrected chi connectivity index (χ0v) is 10.3. The third kappa shape index (κ3) is 2.87. The third-order valence-corrected chi connectivity index (χ3v) is 2.83. The number of nitrogens with one attached hydrogen (secondary N) is 1. The Morgan fingerprint density at radius 2 is 2.00 bits per heavy atom. The van der Waals surface area contributed by atoms with Gasteiger partial charge in [0.25, 0.3) is 0 Å². The summed E-state index contributed by atoms with van der Waals surface area (Å²) in [4.78, 5) is 0. The van der Waals surface area contributed by atoms with Crippen LogP contribution >= 0.6 is 11.5 Å². The molecule has 0 aliphatic heterocycles. The van der Waals surface area contributed by atoms with E-state index in [4.69, 9.17) is 0 Å². The van der Waals surface area contributed by atoms with E-state index in [1.807, 2.05) is 5.38 Å². The number of nitrogens with zero attached hydrogens (tertiary/aromatic N) is 2. The first-order chi connectivity index (χ1) is 7.75. The van der Waals surface area contributed by atoms with Gasteiger partial charge in [-0.3, -0.25) is 0 Å². The van der Waals surface area contributed by atoms with Gasteiger partial charge in [0.2, 0.25) is 0 Å². The maximum absolute atomic E-state index is 4.04. The Kier molecular flexibility index (Phi) is 3.64. The number of aromatic nitrogens is 2. The molecule has 16 heavy (non-hydrogen) atoms. The van der Waals surface area contributed by atoms with Gasteiger partial charge in [0, 0.05) is 23.5 Å². The van der Waals surface area contributed by atoms with Crippen LogP contribution < -0.4 is 5.32 Å².